The second-order valence-electron chi connectivity index (χ2n) is 6.22. The van der Waals surface area contributed by atoms with Crippen molar-refractivity contribution < 1.29 is 24.2 Å². The van der Waals surface area contributed by atoms with Gasteiger partial charge < -0.3 is 24.7 Å². The summed E-state index contributed by atoms with van der Waals surface area (Å²) in [6.07, 6.45) is 4.77. The number of aliphatic hydroxyl groups excluding tert-OH is 1. The average molecular weight is 426 g/mol. The molecule has 1 aliphatic rings. The first kappa shape index (κ1) is 19.7. The number of carbonyl (C=O) groups is 1. The van der Waals surface area contributed by atoms with E-state index in [9.17, 15) is 9.90 Å². The first-order valence-electron chi connectivity index (χ1n) is 8.95. The van der Waals surface area contributed by atoms with Crippen molar-refractivity contribution >= 4 is 52.8 Å². The zero-order chi connectivity index (χ0) is 21.1. The Bertz CT molecular complexity index is 1170. The molecule has 3 heterocycles. The first-order valence-corrected chi connectivity index (χ1v) is 9.32. The standard InChI is InChI=1S/C21H16ClN3O5/c22-14-5-1-2-6-15(14)25-20-17(21(28)29-9-8-26)18(27)16(30-20)10-12-11-24-19-13(12)4-3-7-23-19/h1-7,10-11,25-27H,8-9H2. The Labute approximate surface area is 176 Å². The third-order valence-corrected chi connectivity index (χ3v) is 4.60. The number of hydrogen-bond donors (Lipinski definition) is 3. The fourth-order valence-electron chi connectivity index (χ4n) is 2.89. The quantitative estimate of drug-likeness (QED) is 0.507. The van der Waals surface area contributed by atoms with Gasteiger partial charge in [0.25, 0.3) is 0 Å². The molecule has 30 heavy (non-hydrogen) atoms. The maximum atomic E-state index is 12.5. The Morgan fingerprint density at radius 3 is 2.90 bits per heavy atom. The van der Waals surface area contributed by atoms with E-state index in [0.29, 0.717) is 22.1 Å². The van der Waals surface area contributed by atoms with Crippen LogP contribution in [0.25, 0.3) is 11.6 Å². The van der Waals surface area contributed by atoms with E-state index in [1.54, 1.807) is 48.8 Å². The van der Waals surface area contributed by atoms with Crippen molar-refractivity contribution in [1.29, 1.82) is 0 Å². The molecule has 0 amide bonds. The van der Waals surface area contributed by atoms with Crippen LogP contribution in [0.15, 0.2) is 52.0 Å². The lowest BCUT2D eigenvalue weighted by molar-refractivity contribution is 0.0431. The molecule has 152 valence electrons. The molecule has 0 bridgehead atoms. The van der Waals surface area contributed by atoms with Crippen molar-refractivity contribution in [1.82, 2.24) is 4.98 Å². The van der Waals surface area contributed by atoms with E-state index in [-0.39, 0.29) is 30.4 Å². The number of aliphatic hydroxyl groups is 1. The molecule has 3 aromatic rings. The van der Waals surface area contributed by atoms with Gasteiger partial charge in [0.15, 0.2) is 22.9 Å². The van der Waals surface area contributed by atoms with Crippen LogP contribution in [-0.4, -0.2) is 40.6 Å². The van der Waals surface area contributed by atoms with E-state index >= 15 is 0 Å². The highest BCUT2D eigenvalue weighted by atomic mass is 35.5. The molecule has 0 radical (unpaired) electrons. The van der Waals surface area contributed by atoms with Crippen LogP contribution in [0.1, 0.15) is 21.7 Å². The van der Waals surface area contributed by atoms with Gasteiger partial charge in [0.1, 0.15) is 6.61 Å². The Morgan fingerprint density at radius 2 is 2.10 bits per heavy atom. The van der Waals surface area contributed by atoms with Gasteiger partial charge in [-0.2, -0.15) is 0 Å². The molecule has 0 fully saturated rings. The number of furan rings is 1. The Balaban J connectivity index is 1.76. The number of halogens is 1. The van der Waals surface area contributed by atoms with Crippen LogP contribution in [-0.2, 0) is 4.74 Å². The Morgan fingerprint density at radius 1 is 1.27 bits per heavy atom. The number of nitrogens with zero attached hydrogens (tertiary/aromatic N) is 2. The summed E-state index contributed by atoms with van der Waals surface area (Å²) in [5.74, 6) is -0.737. The van der Waals surface area contributed by atoms with Gasteiger partial charge in [-0.05, 0) is 30.3 Å². The van der Waals surface area contributed by atoms with Gasteiger partial charge in [-0.3, -0.25) is 0 Å². The van der Waals surface area contributed by atoms with Crippen molar-refractivity contribution in [3.8, 4) is 5.75 Å². The number of aromatic hydroxyl groups is 1. The lowest BCUT2D eigenvalue weighted by Crippen LogP contribution is -2.10. The average Bonchev–Trinajstić information content (AvgIpc) is 3.29. The molecule has 8 nitrogen and oxygen atoms in total. The SMILES string of the molecule is O=C(OCCO)c1c(Nc2ccccc2Cl)oc(C=C2C=Nc3ncccc32)c1O. The van der Waals surface area contributed by atoms with E-state index in [1.165, 1.54) is 0 Å². The monoisotopic (exact) mass is 425 g/mol. The van der Waals surface area contributed by atoms with E-state index in [4.69, 9.17) is 25.9 Å². The van der Waals surface area contributed by atoms with Crippen molar-refractivity contribution in [2.75, 3.05) is 18.5 Å². The fourth-order valence-corrected chi connectivity index (χ4v) is 3.08. The lowest BCUT2D eigenvalue weighted by atomic mass is 10.1. The minimum absolute atomic E-state index is 0.0265. The number of aromatic nitrogens is 1. The second-order valence-corrected chi connectivity index (χ2v) is 6.62. The summed E-state index contributed by atoms with van der Waals surface area (Å²) in [5.41, 5.74) is 1.68. The summed E-state index contributed by atoms with van der Waals surface area (Å²) in [7, 11) is 0. The van der Waals surface area contributed by atoms with E-state index in [1.807, 2.05) is 6.07 Å². The number of nitrogens with one attached hydrogen (secondary N) is 1. The number of para-hydroxylation sites is 1. The number of hydrogen-bond acceptors (Lipinski definition) is 8. The number of fused-ring (bicyclic) bond motifs is 1. The fraction of sp³-hybridized carbons (Fsp3) is 0.0952. The van der Waals surface area contributed by atoms with Gasteiger partial charge in [-0.25, -0.2) is 14.8 Å². The zero-order valence-corrected chi connectivity index (χ0v) is 16.3. The molecular formula is C21H16ClN3O5. The van der Waals surface area contributed by atoms with Gasteiger partial charge in [-0.15, -0.1) is 0 Å². The number of aliphatic imine (C=N–C) groups is 1. The number of anilines is 2. The number of ether oxygens (including phenoxy) is 1. The van der Waals surface area contributed by atoms with Gasteiger partial charge in [0, 0.05) is 23.5 Å². The Kier molecular flexibility index (Phi) is 5.51. The second kappa shape index (κ2) is 8.40. The molecule has 1 aromatic carbocycles. The summed E-state index contributed by atoms with van der Waals surface area (Å²) in [5, 5.41) is 22.9. The minimum atomic E-state index is -0.855. The molecule has 0 atom stereocenters. The number of pyridine rings is 1. The van der Waals surface area contributed by atoms with E-state index in [0.717, 1.165) is 5.56 Å². The molecule has 0 saturated carbocycles. The molecule has 0 unspecified atom stereocenters. The van der Waals surface area contributed by atoms with Crippen LogP contribution in [0.3, 0.4) is 0 Å². The van der Waals surface area contributed by atoms with Gasteiger partial charge in [-0.1, -0.05) is 23.7 Å². The molecule has 2 aromatic heterocycles. The van der Waals surface area contributed by atoms with Crippen molar-refractivity contribution in [3.05, 3.63) is 64.5 Å². The Hall–Kier alpha value is -3.62. The van der Waals surface area contributed by atoms with Gasteiger partial charge in [0.05, 0.1) is 17.3 Å². The smallest absolute Gasteiger partial charge is 0.347 e. The number of allylic oxidation sites excluding steroid dienone is 1. The number of benzene rings is 1. The lowest BCUT2D eigenvalue weighted by Gasteiger charge is -2.07. The van der Waals surface area contributed by atoms with Crippen LogP contribution in [0.5, 0.6) is 5.75 Å². The third-order valence-electron chi connectivity index (χ3n) is 4.27. The van der Waals surface area contributed by atoms with Crippen LogP contribution >= 0.6 is 11.6 Å². The number of carbonyl (C=O) groups excluding carboxylic acids is 1. The van der Waals surface area contributed by atoms with Crippen molar-refractivity contribution in [2.45, 2.75) is 0 Å². The maximum Gasteiger partial charge on any atom is 0.347 e. The minimum Gasteiger partial charge on any atom is -0.504 e. The largest absolute Gasteiger partial charge is 0.504 e. The normalized spacial score (nSPS) is 13.5. The molecular weight excluding hydrogens is 410 g/mol. The predicted molar refractivity (Wildman–Crippen MR) is 113 cm³/mol. The summed E-state index contributed by atoms with van der Waals surface area (Å²) in [6, 6.07) is 10.5. The van der Waals surface area contributed by atoms with Crippen LogP contribution in [0.4, 0.5) is 17.4 Å². The molecule has 4 rings (SSSR count). The topological polar surface area (TPSA) is 117 Å². The van der Waals surface area contributed by atoms with E-state index < -0.39 is 11.7 Å². The molecule has 3 N–H and O–H groups in total. The highest BCUT2D eigenvalue weighted by Crippen LogP contribution is 2.40. The number of esters is 1. The van der Waals surface area contributed by atoms with Gasteiger partial charge >= 0.3 is 5.97 Å². The molecule has 9 heteroatoms. The summed E-state index contributed by atoms with van der Waals surface area (Å²) < 4.78 is 10.7. The maximum absolute atomic E-state index is 12.5. The molecule has 1 aliphatic heterocycles. The summed E-state index contributed by atoms with van der Waals surface area (Å²) in [6.45, 7) is -0.577. The highest BCUT2D eigenvalue weighted by Gasteiger charge is 2.27. The van der Waals surface area contributed by atoms with Crippen LogP contribution in [0.2, 0.25) is 5.02 Å². The van der Waals surface area contributed by atoms with Crippen LogP contribution in [0, 0.1) is 0 Å². The number of rotatable bonds is 6. The van der Waals surface area contributed by atoms with Crippen molar-refractivity contribution in [2.24, 2.45) is 4.99 Å². The third kappa shape index (κ3) is 3.78. The highest BCUT2D eigenvalue weighted by molar-refractivity contribution is 6.33. The van der Waals surface area contributed by atoms with E-state index in [2.05, 4.69) is 15.3 Å². The van der Waals surface area contributed by atoms with Crippen LogP contribution < -0.4 is 5.32 Å². The zero-order valence-electron chi connectivity index (χ0n) is 15.5. The predicted octanol–water partition coefficient (Wildman–Crippen LogP) is 4.18. The summed E-state index contributed by atoms with van der Waals surface area (Å²) >= 11 is 6.18. The van der Waals surface area contributed by atoms with Crippen molar-refractivity contribution in [3.63, 3.8) is 0 Å². The molecule has 0 aliphatic carbocycles. The van der Waals surface area contributed by atoms with Gasteiger partial charge in [0.2, 0.25) is 5.88 Å². The molecule has 0 saturated heterocycles. The first-order chi connectivity index (χ1) is 14.6. The molecule has 0 spiro atoms. The summed E-state index contributed by atoms with van der Waals surface area (Å²) in [4.78, 5) is 20.9.